The molecular weight excluding hydrogens is 222 g/mol. The largest absolute Gasteiger partial charge is 0.459 e. The zero-order valence-electron chi connectivity index (χ0n) is 11.4. The van der Waals surface area contributed by atoms with Crippen molar-refractivity contribution in [2.24, 2.45) is 11.8 Å². The average Bonchev–Trinajstić information content (AvgIpc) is 2.90. The Labute approximate surface area is 108 Å². The third-order valence-corrected chi connectivity index (χ3v) is 4.02. The first-order valence-electron chi connectivity index (χ1n) is 6.92. The highest BCUT2D eigenvalue weighted by Gasteiger charge is 2.41. The summed E-state index contributed by atoms with van der Waals surface area (Å²) in [5.41, 5.74) is 2.29. The molecule has 1 aliphatic rings. The van der Waals surface area contributed by atoms with Gasteiger partial charge in [0, 0.05) is 5.39 Å². The van der Waals surface area contributed by atoms with Gasteiger partial charge in [-0.2, -0.15) is 0 Å². The van der Waals surface area contributed by atoms with E-state index in [1.165, 1.54) is 17.4 Å². The fourth-order valence-corrected chi connectivity index (χ4v) is 2.83. The second-order valence-corrected chi connectivity index (χ2v) is 5.60. The number of furan rings is 1. The van der Waals surface area contributed by atoms with Crippen LogP contribution in [0.25, 0.3) is 11.0 Å². The van der Waals surface area contributed by atoms with E-state index in [2.05, 4.69) is 50.4 Å². The van der Waals surface area contributed by atoms with Crippen molar-refractivity contribution in [2.45, 2.75) is 33.2 Å². The van der Waals surface area contributed by atoms with Gasteiger partial charge in [0.15, 0.2) is 0 Å². The van der Waals surface area contributed by atoms with Crippen molar-refractivity contribution in [1.29, 1.82) is 0 Å². The van der Waals surface area contributed by atoms with Crippen molar-refractivity contribution >= 4 is 11.0 Å². The van der Waals surface area contributed by atoms with Crippen molar-refractivity contribution in [2.75, 3.05) is 6.54 Å². The van der Waals surface area contributed by atoms with Crippen LogP contribution in [-0.2, 0) is 0 Å². The van der Waals surface area contributed by atoms with E-state index in [9.17, 15) is 0 Å². The van der Waals surface area contributed by atoms with Gasteiger partial charge in [0.1, 0.15) is 11.3 Å². The lowest BCUT2D eigenvalue weighted by Crippen LogP contribution is -2.22. The topological polar surface area (TPSA) is 25.2 Å². The van der Waals surface area contributed by atoms with Gasteiger partial charge in [0.05, 0.1) is 6.04 Å². The van der Waals surface area contributed by atoms with Crippen molar-refractivity contribution in [3.63, 3.8) is 0 Å². The molecule has 1 fully saturated rings. The van der Waals surface area contributed by atoms with E-state index in [4.69, 9.17) is 4.42 Å². The van der Waals surface area contributed by atoms with E-state index in [-0.39, 0.29) is 0 Å². The van der Waals surface area contributed by atoms with Crippen molar-refractivity contribution < 1.29 is 4.42 Å². The standard InChI is InChI=1S/C16H21NO/c1-4-17-16(13-8-11(13)3)15-9-12-7-10(2)5-6-14(12)18-15/h5-7,9,11,13,16-17H,4,8H2,1-3H3. The van der Waals surface area contributed by atoms with E-state index in [1.54, 1.807) is 0 Å². The number of rotatable bonds is 4. The van der Waals surface area contributed by atoms with Gasteiger partial charge < -0.3 is 9.73 Å². The highest BCUT2D eigenvalue weighted by atomic mass is 16.3. The molecule has 1 heterocycles. The smallest absolute Gasteiger partial charge is 0.134 e. The molecule has 3 unspecified atom stereocenters. The van der Waals surface area contributed by atoms with Crippen molar-refractivity contribution in [3.05, 3.63) is 35.6 Å². The fraction of sp³-hybridized carbons (Fsp3) is 0.500. The van der Waals surface area contributed by atoms with E-state index < -0.39 is 0 Å². The Morgan fingerprint density at radius 3 is 2.83 bits per heavy atom. The van der Waals surface area contributed by atoms with Gasteiger partial charge in [-0.05, 0) is 49.9 Å². The lowest BCUT2D eigenvalue weighted by atomic mass is 10.1. The minimum Gasteiger partial charge on any atom is -0.459 e. The second-order valence-electron chi connectivity index (χ2n) is 5.60. The van der Waals surface area contributed by atoms with Crippen LogP contribution in [0.5, 0.6) is 0 Å². The van der Waals surface area contributed by atoms with Gasteiger partial charge in [-0.15, -0.1) is 0 Å². The van der Waals surface area contributed by atoms with Gasteiger partial charge in [-0.1, -0.05) is 25.5 Å². The Morgan fingerprint density at radius 2 is 2.17 bits per heavy atom. The molecule has 2 aromatic rings. The number of hydrogen-bond donors (Lipinski definition) is 1. The molecule has 0 spiro atoms. The van der Waals surface area contributed by atoms with Gasteiger partial charge in [0.25, 0.3) is 0 Å². The molecule has 0 amide bonds. The Kier molecular flexibility index (Phi) is 2.90. The first kappa shape index (κ1) is 11.8. The van der Waals surface area contributed by atoms with Gasteiger partial charge in [-0.3, -0.25) is 0 Å². The maximum Gasteiger partial charge on any atom is 0.134 e. The first-order valence-corrected chi connectivity index (χ1v) is 6.92. The molecule has 2 nitrogen and oxygen atoms in total. The van der Waals surface area contributed by atoms with Gasteiger partial charge >= 0.3 is 0 Å². The lowest BCUT2D eigenvalue weighted by Gasteiger charge is -2.14. The fourth-order valence-electron chi connectivity index (χ4n) is 2.83. The predicted molar refractivity (Wildman–Crippen MR) is 74.6 cm³/mol. The molecule has 1 N–H and O–H groups in total. The van der Waals surface area contributed by atoms with E-state index in [0.29, 0.717) is 6.04 Å². The summed E-state index contributed by atoms with van der Waals surface area (Å²) in [6.45, 7) is 7.59. The number of benzene rings is 1. The Balaban J connectivity index is 1.96. The number of aryl methyl sites for hydroxylation is 1. The minimum atomic E-state index is 0.387. The summed E-state index contributed by atoms with van der Waals surface area (Å²) < 4.78 is 6.02. The maximum absolute atomic E-state index is 6.02. The second kappa shape index (κ2) is 4.43. The highest BCUT2D eigenvalue weighted by Crippen LogP contribution is 2.47. The summed E-state index contributed by atoms with van der Waals surface area (Å²) in [5.74, 6) is 2.67. The molecule has 3 atom stereocenters. The van der Waals surface area contributed by atoms with E-state index >= 15 is 0 Å². The normalized spacial score (nSPS) is 24.4. The molecule has 18 heavy (non-hydrogen) atoms. The molecule has 1 saturated carbocycles. The molecule has 1 aliphatic carbocycles. The Bertz CT molecular complexity index is 557. The molecule has 0 aliphatic heterocycles. The number of fused-ring (bicyclic) bond motifs is 1. The summed E-state index contributed by atoms with van der Waals surface area (Å²) in [6.07, 6.45) is 1.31. The van der Waals surface area contributed by atoms with Crippen LogP contribution in [0.1, 0.15) is 37.6 Å². The molecule has 0 bridgehead atoms. The van der Waals surface area contributed by atoms with Crippen LogP contribution < -0.4 is 5.32 Å². The molecule has 0 radical (unpaired) electrons. The molecular formula is C16H21NO. The zero-order chi connectivity index (χ0) is 12.7. The van der Waals surface area contributed by atoms with Crippen LogP contribution in [0.2, 0.25) is 0 Å². The summed E-state index contributed by atoms with van der Waals surface area (Å²) in [4.78, 5) is 0. The molecule has 3 rings (SSSR count). The third kappa shape index (κ3) is 2.05. The maximum atomic E-state index is 6.02. The molecule has 2 heteroatoms. The number of hydrogen-bond acceptors (Lipinski definition) is 2. The number of nitrogens with one attached hydrogen (secondary N) is 1. The van der Waals surface area contributed by atoms with Gasteiger partial charge in [0.2, 0.25) is 0 Å². The van der Waals surface area contributed by atoms with Crippen LogP contribution in [0, 0.1) is 18.8 Å². The SMILES string of the molecule is CCNC(c1cc2cc(C)ccc2o1)C1CC1C. The van der Waals surface area contributed by atoms with Crippen LogP contribution in [0.3, 0.4) is 0 Å². The van der Waals surface area contributed by atoms with Crippen LogP contribution in [-0.4, -0.2) is 6.54 Å². The minimum absolute atomic E-state index is 0.387. The zero-order valence-corrected chi connectivity index (χ0v) is 11.4. The van der Waals surface area contributed by atoms with Crippen LogP contribution >= 0.6 is 0 Å². The lowest BCUT2D eigenvalue weighted by molar-refractivity contribution is 0.392. The van der Waals surface area contributed by atoms with Crippen LogP contribution in [0.4, 0.5) is 0 Å². The Hall–Kier alpha value is -1.28. The molecule has 96 valence electrons. The first-order chi connectivity index (χ1) is 8.69. The van der Waals surface area contributed by atoms with Crippen LogP contribution in [0.15, 0.2) is 28.7 Å². The summed E-state index contributed by atoms with van der Waals surface area (Å²) in [5, 5.41) is 4.80. The monoisotopic (exact) mass is 243 g/mol. The molecule has 1 aromatic heterocycles. The molecule has 1 aromatic carbocycles. The predicted octanol–water partition coefficient (Wildman–Crippen LogP) is 4.05. The summed E-state index contributed by atoms with van der Waals surface area (Å²) in [7, 11) is 0. The highest BCUT2D eigenvalue weighted by molar-refractivity contribution is 5.78. The van der Waals surface area contributed by atoms with E-state index in [0.717, 1.165) is 29.7 Å². The Morgan fingerprint density at radius 1 is 1.39 bits per heavy atom. The summed E-state index contributed by atoms with van der Waals surface area (Å²) >= 11 is 0. The summed E-state index contributed by atoms with van der Waals surface area (Å²) in [6, 6.07) is 8.98. The van der Waals surface area contributed by atoms with Crippen molar-refractivity contribution in [1.82, 2.24) is 5.32 Å². The third-order valence-electron chi connectivity index (χ3n) is 4.02. The van der Waals surface area contributed by atoms with Crippen molar-refractivity contribution in [3.8, 4) is 0 Å². The van der Waals surface area contributed by atoms with E-state index in [1.807, 2.05) is 0 Å². The quantitative estimate of drug-likeness (QED) is 0.876. The van der Waals surface area contributed by atoms with Gasteiger partial charge in [-0.25, -0.2) is 0 Å². The average molecular weight is 243 g/mol. The molecule has 0 saturated heterocycles.